The molecule has 0 aromatic carbocycles. The Kier molecular flexibility index (Phi) is 5.96. The maximum Gasteiger partial charge on any atom is 0.337 e. The molecule has 27 heavy (non-hydrogen) atoms. The second-order valence-electron chi connectivity index (χ2n) is 7.53. The first-order valence-electron chi connectivity index (χ1n) is 9.64. The average Bonchev–Trinajstić information content (AvgIpc) is 3.00. The summed E-state index contributed by atoms with van der Waals surface area (Å²) in [5.41, 5.74) is 1.46. The molecule has 1 fully saturated rings. The van der Waals surface area contributed by atoms with E-state index >= 15 is 0 Å². The number of aliphatic hydroxyl groups is 1. The lowest BCUT2D eigenvalue weighted by molar-refractivity contribution is 0.0696. The van der Waals surface area contributed by atoms with Crippen molar-refractivity contribution in [2.24, 2.45) is 5.92 Å². The molecule has 1 aliphatic heterocycles. The highest BCUT2D eigenvalue weighted by molar-refractivity contribution is 5.91. The topological polar surface area (TPSA) is 94.7 Å². The number of piperazine rings is 1. The molecule has 0 saturated carbocycles. The summed E-state index contributed by atoms with van der Waals surface area (Å²) in [6.07, 6.45) is 2.12. The molecule has 1 atom stereocenters. The molecule has 1 unspecified atom stereocenters. The number of carboxylic acid groups (broad SMARTS) is 1. The molecule has 2 aromatic rings. The van der Waals surface area contributed by atoms with Gasteiger partial charge in [-0.15, -0.1) is 0 Å². The molecule has 1 aliphatic rings. The number of nitrogens with zero attached hydrogens (tertiary/aromatic N) is 5. The lowest BCUT2D eigenvalue weighted by Crippen LogP contribution is -2.55. The smallest absolute Gasteiger partial charge is 0.337 e. The number of aryl methyl sites for hydroxylation is 1. The van der Waals surface area contributed by atoms with Crippen LogP contribution >= 0.6 is 0 Å². The van der Waals surface area contributed by atoms with Crippen molar-refractivity contribution in [3.8, 4) is 0 Å². The van der Waals surface area contributed by atoms with Crippen LogP contribution in [-0.4, -0.2) is 74.4 Å². The number of carboxylic acids is 1. The zero-order chi connectivity index (χ0) is 19.6. The Morgan fingerprint density at radius 3 is 2.78 bits per heavy atom. The average molecular weight is 375 g/mol. The van der Waals surface area contributed by atoms with Crippen molar-refractivity contribution in [1.82, 2.24) is 19.4 Å². The van der Waals surface area contributed by atoms with Crippen LogP contribution in [0.3, 0.4) is 0 Å². The fraction of sp³-hybridized carbons (Fsp3) is 0.632. The number of fused-ring (bicyclic) bond motifs is 1. The highest BCUT2D eigenvalue weighted by Gasteiger charge is 2.29. The highest BCUT2D eigenvalue weighted by Crippen LogP contribution is 2.25. The summed E-state index contributed by atoms with van der Waals surface area (Å²) in [6.45, 7) is 10.9. The Morgan fingerprint density at radius 2 is 2.15 bits per heavy atom. The van der Waals surface area contributed by atoms with E-state index in [0.29, 0.717) is 23.6 Å². The van der Waals surface area contributed by atoms with Crippen molar-refractivity contribution in [3.63, 3.8) is 0 Å². The first-order chi connectivity index (χ1) is 12.9. The Hall–Kier alpha value is -2.19. The quantitative estimate of drug-likeness (QED) is 0.760. The van der Waals surface area contributed by atoms with E-state index in [-0.39, 0.29) is 18.2 Å². The largest absolute Gasteiger partial charge is 0.478 e. The van der Waals surface area contributed by atoms with Crippen molar-refractivity contribution < 1.29 is 15.0 Å². The van der Waals surface area contributed by atoms with Gasteiger partial charge in [0.15, 0.2) is 5.65 Å². The van der Waals surface area contributed by atoms with Crippen LogP contribution in [0.1, 0.15) is 37.6 Å². The minimum atomic E-state index is -0.998. The van der Waals surface area contributed by atoms with Gasteiger partial charge in [0.1, 0.15) is 5.52 Å². The van der Waals surface area contributed by atoms with E-state index in [9.17, 15) is 15.0 Å². The zero-order valence-electron chi connectivity index (χ0n) is 16.3. The van der Waals surface area contributed by atoms with E-state index < -0.39 is 5.97 Å². The van der Waals surface area contributed by atoms with E-state index in [1.54, 1.807) is 6.07 Å². The number of anilines is 1. The van der Waals surface area contributed by atoms with Gasteiger partial charge in [0.2, 0.25) is 5.95 Å². The fourth-order valence-corrected chi connectivity index (χ4v) is 3.86. The van der Waals surface area contributed by atoms with E-state index in [4.69, 9.17) is 4.98 Å². The lowest BCUT2D eigenvalue weighted by Gasteiger charge is -2.42. The third-order valence-corrected chi connectivity index (χ3v) is 5.08. The van der Waals surface area contributed by atoms with Crippen molar-refractivity contribution in [2.45, 2.75) is 39.8 Å². The Balaban J connectivity index is 1.91. The van der Waals surface area contributed by atoms with Gasteiger partial charge >= 0.3 is 5.97 Å². The summed E-state index contributed by atoms with van der Waals surface area (Å²) in [6, 6.07) is 1.86. The van der Waals surface area contributed by atoms with Gasteiger partial charge in [0, 0.05) is 51.6 Å². The van der Waals surface area contributed by atoms with E-state index in [1.807, 2.05) is 11.5 Å². The van der Waals surface area contributed by atoms with E-state index in [0.717, 1.165) is 38.5 Å². The van der Waals surface area contributed by atoms with Crippen LogP contribution in [0.4, 0.5) is 5.95 Å². The minimum Gasteiger partial charge on any atom is -0.478 e. The van der Waals surface area contributed by atoms with Crippen LogP contribution in [0.25, 0.3) is 11.2 Å². The molecule has 3 rings (SSSR count). The summed E-state index contributed by atoms with van der Waals surface area (Å²) in [5, 5.41) is 18.7. The predicted molar refractivity (Wildman–Crippen MR) is 104 cm³/mol. The Bertz CT molecular complexity index is 804. The van der Waals surface area contributed by atoms with E-state index in [1.165, 1.54) is 6.20 Å². The molecule has 8 nitrogen and oxygen atoms in total. The Labute approximate surface area is 159 Å². The maximum absolute atomic E-state index is 11.2. The van der Waals surface area contributed by atoms with Gasteiger partial charge in [-0.3, -0.25) is 9.47 Å². The van der Waals surface area contributed by atoms with Crippen LogP contribution in [0.2, 0.25) is 0 Å². The van der Waals surface area contributed by atoms with Gasteiger partial charge in [-0.25, -0.2) is 14.8 Å². The van der Waals surface area contributed by atoms with Gasteiger partial charge in [-0.05, 0) is 25.3 Å². The van der Waals surface area contributed by atoms with Crippen LogP contribution < -0.4 is 4.90 Å². The molecule has 8 heteroatoms. The number of carbonyl (C=O) groups is 1. The Morgan fingerprint density at radius 1 is 1.37 bits per heavy atom. The number of imidazole rings is 1. The second-order valence-corrected chi connectivity index (χ2v) is 7.53. The van der Waals surface area contributed by atoms with Crippen molar-refractivity contribution >= 4 is 23.1 Å². The molecule has 0 aliphatic carbocycles. The minimum absolute atomic E-state index is 0.148. The van der Waals surface area contributed by atoms with Crippen LogP contribution in [0.5, 0.6) is 0 Å². The summed E-state index contributed by atoms with van der Waals surface area (Å²) in [7, 11) is 0. The summed E-state index contributed by atoms with van der Waals surface area (Å²) < 4.78 is 2.04. The van der Waals surface area contributed by atoms with Gasteiger partial charge < -0.3 is 15.1 Å². The zero-order valence-corrected chi connectivity index (χ0v) is 16.3. The number of rotatable bonds is 7. The fourth-order valence-electron chi connectivity index (χ4n) is 3.86. The van der Waals surface area contributed by atoms with Crippen LogP contribution in [0.15, 0.2) is 12.3 Å². The first-order valence-corrected chi connectivity index (χ1v) is 9.64. The normalized spacial score (nSPS) is 18.6. The number of hydrogen-bond donors (Lipinski definition) is 2. The standard InChI is InChI=1S/C19H29N5O3/c1-4-24-17-16(9-14(10-20-17)18(26)27)21-19(24)23-7-6-22(11-13(2)3)15(12-23)5-8-25/h9-10,13,15,25H,4-8,11-12H2,1-3H3,(H,26,27). The van der Waals surface area contributed by atoms with Crippen molar-refractivity contribution in [2.75, 3.05) is 37.7 Å². The second kappa shape index (κ2) is 8.22. The van der Waals surface area contributed by atoms with E-state index in [2.05, 4.69) is 28.6 Å². The van der Waals surface area contributed by atoms with Gasteiger partial charge in [0.05, 0.1) is 5.56 Å². The summed E-state index contributed by atoms with van der Waals surface area (Å²) in [4.78, 5) is 25.0. The monoisotopic (exact) mass is 375 g/mol. The van der Waals surface area contributed by atoms with Crippen LogP contribution in [0, 0.1) is 5.92 Å². The maximum atomic E-state index is 11.2. The number of aliphatic hydroxyl groups excluding tert-OH is 1. The molecule has 0 amide bonds. The van der Waals surface area contributed by atoms with Crippen LogP contribution in [-0.2, 0) is 6.54 Å². The third kappa shape index (κ3) is 4.06. The van der Waals surface area contributed by atoms with Gasteiger partial charge in [-0.2, -0.15) is 0 Å². The lowest BCUT2D eigenvalue weighted by atomic mass is 10.1. The molecule has 1 saturated heterocycles. The SMILES string of the molecule is CCn1c(N2CCN(CC(C)C)C(CCO)C2)nc2cc(C(=O)O)cnc21. The third-order valence-electron chi connectivity index (χ3n) is 5.08. The predicted octanol–water partition coefficient (Wildman–Crippen LogP) is 1.68. The highest BCUT2D eigenvalue weighted by atomic mass is 16.4. The summed E-state index contributed by atoms with van der Waals surface area (Å²) >= 11 is 0. The molecule has 0 spiro atoms. The van der Waals surface area contributed by atoms with Gasteiger partial charge in [0.25, 0.3) is 0 Å². The van der Waals surface area contributed by atoms with Crippen molar-refractivity contribution in [3.05, 3.63) is 17.8 Å². The molecule has 0 bridgehead atoms. The molecule has 2 N–H and O–H groups in total. The van der Waals surface area contributed by atoms with Crippen molar-refractivity contribution in [1.29, 1.82) is 0 Å². The molecule has 2 aromatic heterocycles. The molecule has 148 valence electrons. The number of aromatic carboxylic acids is 1. The van der Waals surface area contributed by atoms with Gasteiger partial charge in [-0.1, -0.05) is 13.8 Å². The molecular weight excluding hydrogens is 346 g/mol. The first kappa shape index (κ1) is 19.6. The molecule has 3 heterocycles. The molecular formula is C19H29N5O3. The summed E-state index contributed by atoms with van der Waals surface area (Å²) in [5.74, 6) is 0.411. The molecule has 0 radical (unpaired) electrons. The number of hydrogen-bond acceptors (Lipinski definition) is 6. The number of aromatic nitrogens is 3. The number of pyridine rings is 1.